The Morgan fingerprint density at radius 2 is 1.71 bits per heavy atom. The van der Waals surface area contributed by atoms with E-state index >= 15 is 0 Å². The van der Waals surface area contributed by atoms with Crippen molar-refractivity contribution in [2.24, 2.45) is 11.8 Å². The first-order valence-corrected chi connectivity index (χ1v) is 8.92. The van der Waals surface area contributed by atoms with Crippen LogP contribution in [0.4, 0.5) is 0 Å². The van der Waals surface area contributed by atoms with Crippen LogP contribution in [0.5, 0.6) is 0 Å². The summed E-state index contributed by atoms with van der Waals surface area (Å²) in [6.07, 6.45) is 6.83. The molecule has 0 bridgehead atoms. The molecule has 3 atom stereocenters. The zero-order valence-electron chi connectivity index (χ0n) is 14.5. The molecular formula is C20H34N+. The summed E-state index contributed by atoms with van der Waals surface area (Å²) in [5, 5.41) is 0. The summed E-state index contributed by atoms with van der Waals surface area (Å²) in [5.41, 5.74) is 1.54. The molecule has 1 aliphatic heterocycles. The van der Waals surface area contributed by atoms with Gasteiger partial charge in [-0.15, -0.1) is 0 Å². The van der Waals surface area contributed by atoms with Gasteiger partial charge in [-0.3, -0.25) is 0 Å². The maximum absolute atomic E-state index is 2.40. The average molecular weight is 288 g/mol. The second-order valence-electron chi connectivity index (χ2n) is 7.68. The van der Waals surface area contributed by atoms with Crippen molar-refractivity contribution >= 4 is 0 Å². The first-order valence-electron chi connectivity index (χ1n) is 8.92. The van der Waals surface area contributed by atoms with Crippen LogP contribution in [0.3, 0.4) is 0 Å². The third kappa shape index (κ3) is 4.57. The fraction of sp³-hybridized carbons (Fsp3) is 0.700. The minimum Gasteiger partial charge on any atom is -0.328 e. The van der Waals surface area contributed by atoms with Crippen molar-refractivity contribution in [1.29, 1.82) is 0 Å². The largest absolute Gasteiger partial charge is 0.328 e. The molecule has 2 rings (SSSR count). The van der Waals surface area contributed by atoms with Crippen LogP contribution in [0.2, 0.25) is 0 Å². The molecule has 0 radical (unpaired) electrons. The highest BCUT2D eigenvalue weighted by Gasteiger charge is 2.38. The molecule has 0 N–H and O–H groups in total. The van der Waals surface area contributed by atoms with Gasteiger partial charge in [0.15, 0.2) is 0 Å². The van der Waals surface area contributed by atoms with E-state index in [9.17, 15) is 0 Å². The van der Waals surface area contributed by atoms with Crippen molar-refractivity contribution in [2.45, 2.75) is 51.9 Å². The fourth-order valence-corrected chi connectivity index (χ4v) is 4.39. The zero-order valence-corrected chi connectivity index (χ0v) is 14.5. The van der Waals surface area contributed by atoms with Crippen molar-refractivity contribution in [1.82, 2.24) is 0 Å². The standard InChI is InChI=1S/C20H34N/c1-5-17(19-11-8-7-9-12-19)13-10-14-20-16-21(3,4)15-18(20)6-2/h7-9,11-12,17-18,20H,5-6,10,13-16H2,1-4H3/q+1. The van der Waals surface area contributed by atoms with E-state index in [1.54, 1.807) is 0 Å². The first-order chi connectivity index (χ1) is 10.1. The lowest BCUT2D eigenvalue weighted by Gasteiger charge is -2.23. The number of nitrogens with zero attached hydrogens (tertiary/aromatic N) is 1. The zero-order chi connectivity index (χ0) is 15.3. The predicted octanol–water partition coefficient (Wildman–Crippen LogP) is 5.08. The van der Waals surface area contributed by atoms with Crippen LogP contribution < -0.4 is 0 Å². The van der Waals surface area contributed by atoms with E-state index in [0.717, 1.165) is 17.8 Å². The minimum absolute atomic E-state index is 0.759. The Hall–Kier alpha value is -0.820. The van der Waals surface area contributed by atoms with E-state index in [1.165, 1.54) is 55.2 Å². The van der Waals surface area contributed by atoms with Crippen LogP contribution in [0.1, 0.15) is 57.4 Å². The summed E-state index contributed by atoms with van der Waals surface area (Å²) >= 11 is 0. The van der Waals surface area contributed by atoms with E-state index in [2.05, 4.69) is 58.3 Å². The lowest BCUT2D eigenvalue weighted by atomic mass is 9.85. The monoisotopic (exact) mass is 288 g/mol. The molecule has 0 saturated carbocycles. The minimum atomic E-state index is 0.759. The van der Waals surface area contributed by atoms with Crippen LogP contribution in [-0.4, -0.2) is 31.7 Å². The Labute approximate surface area is 132 Å². The number of benzene rings is 1. The van der Waals surface area contributed by atoms with Crippen molar-refractivity contribution < 1.29 is 4.48 Å². The van der Waals surface area contributed by atoms with E-state index in [-0.39, 0.29) is 0 Å². The molecule has 1 heterocycles. The van der Waals surface area contributed by atoms with E-state index in [1.807, 2.05) is 0 Å². The van der Waals surface area contributed by atoms with Gasteiger partial charge in [0, 0.05) is 11.8 Å². The molecule has 1 aromatic carbocycles. The molecule has 1 heteroatoms. The lowest BCUT2D eigenvalue weighted by Crippen LogP contribution is -2.36. The maximum atomic E-state index is 2.40. The van der Waals surface area contributed by atoms with Crippen molar-refractivity contribution in [2.75, 3.05) is 27.2 Å². The molecule has 1 fully saturated rings. The SMILES string of the molecule is CCC(CCCC1C[N+](C)(C)CC1CC)c1ccccc1. The van der Waals surface area contributed by atoms with Crippen LogP contribution in [0.15, 0.2) is 30.3 Å². The van der Waals surface area contributed by atoms with Crippen molar-refractivity contribution in [3.63, 3.8) is 0 Å². The number of rotatable bonds is 7. The maximum Gasteiger partial charge on any atom is 0.0816 e. The normalized spacial score (nSPS) is 25.9. The molecule has 0 amide bonds. The highest BCUT2D eigenvalue weighted by Crippen LogP contribution is 2.34. The van der Waals surface area contributed by atoms with Gasteiger partial charge in [-0.25, -0.2) is 0 Å². The summed E-state index contributed by atoms with van der Waals surface area (Å²) < 4.78 is 1.24. The Bertz CT molecular complexity index is 409. The summed E-state index contributed by atoms with van der Waals surface area (Å²) in [6.45, 7) is 7.49. The van der Waals surface area contributed by atoms with Gasteiger partial charge in [0.1, 0.15) is 0 Å². The quantitative estimate of drug-likeness (QED) is 0.614. The highest BCUT2D eigenvalue weighted by atomic mass is 15.3. The van der Waals surface area contributed by atoms with Crippen LogP contribution in [0.25, 0.3) is 0 Å². The van der Waals surface area contributed by atoms with Gasteiger partial charge in [-0.05, 0) is 37.2 Å². The van der Waals surface area contributed by atoms with Gasteiger partial charge in [-0.2, -0.15) is 0 Å². The van der Waals surface area contributed by atoms with Crippen LogP contribution >= 0.6 is 0 Å². The van der Waals surface area contributed by atoms with Gasteiger partial charge >= 0.3 is 0 Å². The summed E-state index contributed by atoms with van der Waals surface area (Å²) in [7, 11) is 4.81. The fourth-order valence-electron chi connectivity index (χ4n) is 4.39. The van der Waals surface area contributed by atoms with Gasteiger partial charge in [0.05, 0.1) is 27.2 Å². The molecule has 0 aliphatic carbocycles. The molecule has 21 heavy (non-hydrogen) atoms. The predicted molar refractivity (Wildman–Crippen MR) is 92.4 cm³/mol. The average Bonchev–Trinajstić information content (AvgIpc) is 2.79. The summed E-state index contributed by atoms with van der Waals surface area (Å²) in [5.74, 6) is 2.67. The smallest absolute Gasteiger partial charge is 0.0816 e. The number of hydrogen-bond donors (Lipinski definition) is 0. The lowest BCUT2D eigenvalue weighted by molar-refractivity contribution is -0.880. The number of quaternary nitrogens is 1. The van der Waals surface area contributed by atoms with E-state index in [4.69, 9.17) is 0 Å². The molecule has 0 spiro atoms. The Kier molecular flexibility index (Phi) is 5.87. The molecule has 1 aromatic rings. The number of likely N-dealkylation sites (tertiary alicyclic amines) is 1. The van der Waals surface area contributed by atoms with E-state index in [0.29, 0.717) is 0 Å². The second kappa shape index (κ2) is 7.45. The van der Waals surface area contributed by atoms with Gasteiger partial charge in [0.25, 0.3) is 0 Å². The first kappa shape index (κ1) is 16.5. The van der Waals surface area contributed by atoms with Crippen molar-refractivity contribution in [3.05, 3.63) is 35.9 Å². The Morgan fingerprint density at radius 1 is 1.05 bits per heavy atom. The molecule has 1 aliphatic rings. The highest BCUT2D eigenvalue weighted by molar-refractivity contribution is 5.19. The molecule has 118 valence electrons. The molecular weight excluding hydrogens is 254 g/mol. The van der Waals surface area contributed by atoms with Gasteiger partial charge < -0.3 is 4.48 Å². The van der Waals surface area contributed by atoms with Crippen LogP contribution in [0, 0.1) is 11.8 Å². The topological polar surface area (TPSA) is 0 Å². The second-order valence-corrected chi connectivity index (χ2v) is 7.68. The Balaban J connectivity index is 1.83. The molecule has 1 saturated heterocycles. The Morgan fingerprint density at radius 3 is 2.33 bits per heavy atom. The third-order valence-corrected chi connectivity index (χ3v) is 5.54. The number of hydrogen-bond acceptors (Lipinski definition) is 0. The summed E-state index contributed by atoms with van der Waals surface area (Å²) in [6, 6.07) is 11.1. The third-order valence-electron chi connectivity index (χ3n) is 5.54. The molecule has 0 aromatic heterocycles. The van der Waals surface area contributed by atoms with Crippen LogP contribution in [-0.2, 0) is 0 Å². The molecule has 1 nitrogen and oxygen atoms in total. The van der Waals surface area contributed by atoms with Crippen molar-refractivity contribution in [3.8, 4) is 0 Å². The van der Waals surface area contributed by atoms with Gasteiger partial charge in [-0.1, -0.05) is 50.6 Å². The molecule has 3 unspecified atom stereocenters. The summed E-state index contributed by atoms with van der Waals surface area (Å²) in [4.78, 5) is 0. The van der Waals surface area contributed by atoms with Gasteiger partial charge in [0.2, 0.25) is 0 Å². The van der Waals surface area contributed by atoms with E-state index < -0.39 is 0 Å².